The van der Waals surface area contributed by atoms with Crippen LogP contribution in [0.3, 0.4) is 0 Å². The zero-order valence-corrected chi connectivity index (χ0v) is 14.7. The fraction of sp³-hybridized carbons (Fsp3) is 0.882. The highest BCUT2D eigenvalue weighted by Crippen LogP contribution is 2.32. The van der Waals surface area contributed by atoms with E-state index in [1.54, 1.807) is 0 Å². The van der Waals surface area contributed by atoms with E-state index in [1.807, 2.05) is 4.90 Å². The van der Waals surface area contributed by atoms with Crippen molar-refractivity contribution < 1.29 is 9.59 Å². The van der Waals surface area contributed by atoms with Crippen molar-refractivity contribution >= 4 is 24.2 Å². The largest absolute Gasteiger partial charge is 0.353 e. The predicted octanol–water partition coefficient (Wildman–Crippen LogP) is 1.71. The van der Waals surface area contributed by atoms with Crippen LogP contribution in [0.2, 0.25) is 0 Å². The maximum Gasteiger partial charge on any atom is 0.226 e. The molecule has 0 spiro atoms. The second kappa shape index (κ2) is 8.88. The predicted molar refractivity (Wildman–Crippen MR) is 92.5 cm³/mol. The molecule has 2 aliphatic heterocycles. The van der Waals surface area contributed by atoms with Crippen LogP contribution in [0.4, 0.5) is 0 Å². The molecule has 2 N–H and O–H groups in total. The summed E-state index contributed by atoms with van der Waals surface area (Å²) in [6, 6.07) is 0.290. The molecule has 0 aromatic heterocycles. The minimum Gasteiger partial charge on any atom is -0.353 e. The van der Waals surface area contributed by atoms with Gasteiger partial charge in [0.25, 0.3) is 0 Å². The Hall–Kier alpha value is -0.810. The van der Waals surface area contributed by atoms with Crippen molar-refractivity contribution in [3.63, 3.8) is 0 Å². The van der Waals surface area contributed by atoms with Gasteiger partial charge in [-0.3, -0.25) is 9.59 Å². The van der Waals surface area contributed by atoms with Crippen LogP contribution in [0, 0.1) is 11.8 Å². The van der Waals surface area contributed by atoms with Gasteiger partial charge in [0.1, 0.15) is 0 Å². The van der Waals surface area contributed by atoms with Gasteiger partial charge in [0.05, 0.1) is 0 Å². The van der Waals surface area contributed by atoms with E-state index in [-0.39, 0.29) is 36.1 Å². The van der Waals surface area contributed by atoms with Gasteiger partial charge >= 0.3 is 0 Å². The Kier molecular flexibility index (Phi) is 7.15. The third-order valence-corrected chi connectivity index (χ3v) is 5.52. The first-order valence-electron chi connectivity index (χ1n) is 9.05. The number of nitrogens with one attached hydrogen (secondary N) is 2. The van der Waals surface area contributed by atoms with E-state index in [0.29, 0.717) is 6.04 Å². The van der Waals surface area contributed by atoms with E-state index in [0.717, 1.165) is 77.5 Å². The first kappa shape index (κ1) is 18.5. The monoisotopic (exact) mass is 343 g/mol. The average molecular weight is 344 g/mol. The number of piperidine rings is 1. The van der Waals surface area contributed by atoms with Gasteiger partial charge in [0.2, 0.25) is 11.8 Å². The summed E-state index contributed by atoms with van der Waals surface area (Å²) < 4.78 is 0. The second-order valence-electron chi connectivity index (χ2n) is 7.06. The first-order valence-corrected chi connectivity index (χ1v) is 9.05. The zero-order valence-electron chi connectivity index (χ0n) is 13.9. The molecule has 2 atom stereocenters. The van der Waals surface area contributed by atoms with Crippen LogP contribution < -0.4 is 10.6 Å². The molecule has 23 heavy (non-hydrogen) atoms. The molecule has 2 saturated heterocycles. The van der Waals surface area contributed by atoms with E-state index >= 15 is 0 Å². The highest BCUT2D eigenvalue weighted by molar-refractivity contribution is 5.88. The molecule has 132 valence electrons. The van der Waals surface area contributed by atoms with Crippen molar-refractivity contribution in [1.82, 2.24) is 15.5 Å². The van der Waals surface area contributed by atoms with Crippen LogP contribution in [-0.2, 0) is 9.59 Å². The molecule has 6 heteroatoms. The lowest BCUT2D eigenvalue weighted by Crippen LogP contribution is -2.49. The summed E-state index contributed by atoms with van der Waals surface area (Å²) >= 11 is 0. The average Bonchev–Trinajstić information content (AvgIpc) is 3.09. The van der Waals surface area contributed by atoms with Crippen molar-refractivity contribution in [1.29, 1.82) is 0 Å². The molecular formula is C17H30ClN3O2. The highest BCUT2D eigenvalue weighted by Gasteiger charge is 2.38. The Morgan fingerprint density at radius 3 is 2.13 bits per heavy atom. The lowest BCUT2D eigenvalue weighted by Gasteiger charge is -2.34. The number of hydrogen-bond donors (Lipinski definition) is 2. The lowest BCUT2D eigenvalue weighted by molar-refractivity contribution is -0.143. The van der Waals surface area contributed by atoms with Gasteiger partial charge in [-0.15, -0.1) is 12.4 Å². The molecule has 0 aromatic rings. The Labute approximate surface area is 145 Å². The van der Waals surface area contributed by atoms with Gasteiger partial charge < -0.3 is 15.5 Å². The second-order valence-corrected chi connectivity index (χ2v) is 7.06. The third kappa shape index (κ3) is 4.60. The molecular weight excluding hydrogens is 314 g/mol. The summed E-state index contributed by atoms with van der Waals surface area (Å²) in [4.78, 5) is 27.4. The van der Waals surface area contributed by atoms with Crippen LogP contribution in [0.15, 0.2) is 0 Å². The fourth-order valence-corrected chi connectivity index (χ4v) is 4.19. The van der Waals surface area contributed by atoms with Crippen molar-refractivity contribution in [2.45, 2.75) is 57.4 Å². The van der Waals surface area contributed by atoms with Crippen LogP contribution >= 0.6 is 12.4 Å². The van der Waals surface area contributed by atoms with Gasteiger partial charge in [-0.05, 0) is 51.6 Å². The molecule has 0 radical (unpaired) electrons. The SMILES string of the molecule is Cl.O=C(NC1CCNCC1)C1CCCCC1C(=O)N1CCCC1. The van der Waals surface area contributed by atoms with Crippen LogP contribution in [-0.4, -0.2) is 48.9 Å². The molecule has 0 bridgehead atoms. The smallest absolute Gasteiger partial charge is 0.226 e. The quantitative estimate of drug-likeness (QED) is 0.820. The molecule has 0 aromatic carbocycles. The molecule has 1 aliphatic carbocycles. The Bertz CT molecular complexity index is 407. The van der Waals surface area contributed by atoms with Crippen molar-refractivity contribution in [3.8, 4) is 0 Å². The normalized spacial score (nSPS) is 29.0. The molecule has 2 heterocycles. The molecule has 2 amide bonds. The summed E-state index contributed by atoms with van der Waals surface area (Å²) in [5.41, 5.74) is 0. The number of likely N-dealkylation sites (tertiary alicyclic amines) is 1. The maximum absolute atomic E-state index is 12.7. The number of hydrogen-bond acceptors (Lipinski definition) is 3. The minimum absolute atomic E-state index is 0. The Morgan fingerprint density at radius 1 is 0.870 bits per heavy atom. The van der Waals surface area contributed by atoms with Crippen molar-refractivity contribution in [2.75, 3.05) is 26.2 Å². The molecule has 3 aliphatic rings. The molecule has 1 saturated carbocycles. The number of carbonyl (C=O) groups excluding carboxylic acids is 2. The topological polar surface area (TPSA) is 61.4 Å². The van der Waals surface area contributed by atoms with Gasteiger partial charge in [-0.2, -0.15) is 0 Å². The maximum atomic E-state index is 12.7. The Balaban J connectivity index is 0.00000192. The first-order chi connectivity index (χ1) is 10.8. The van der Waals surface area contributed by atoms with Crippen LogP contribution in [0.1, 0.15) is 51.4 Å². The lowest BCUT2D eigenvalue weighted by atomic mass is 9.77. The highest BCUT2D eigenvalue weighted by atomic mass is 35.5. The summed E-state index contributed by atoms with van der Waals surface area (Å²) in [5, 5.41) is 6.53. The summed E-state index contributed by atoms with van der Waals surface area (Å²) in [6.45, 7) is 3.73. The number of halogens is 1. The van der Waals surface area contributed by atoms with E-state index < -0.39 is 0 Å². The number of rotatable bonds is 3. The summed E-state index contributed by atoms with van der Waals surface area (Å²) in [5.74, 6) is 0.192. The molecule has 3 rings (SSSR count). The van der Waals surface area contributed by atoms with E-state index in [4.69, 9.17) is 0 Å². The van der Waals surface area contributed by atoms with Gasteiger partial charge in [0, 0.05) is 31.0 Å². The number of nitrogens with zero attached hydrogens (tertiary/aromatic N) is 1. The van der Waals surface area contributed by atoms with E-state index in [1.165, 1.54) is 0 Å². The van der Waals surface area contributed by atoms with Crippen LogP contribution in [0.5, 0.6) is 0 Å². The number of carbonyl (C=O) groups is 2. The molecule has 5 nitrogen and oxygen atoms in total. The number of amides is 2. The summed E-state index contributed by atoms with van der Waals surface area (Å²) in [7, 11) is 0. The fourth-order valence-electron chi connectivity index (χ4n) is 4.19. The molecule has 3 fully saturated rings. The summed E-state index contributed by atoms with van der Waals surface area (Å²) in [6.07, 6.45) is 8.16. The zero-order chi connectivity index (χ0) is 15.4. The van der Waals surface area contributed by atoms with Crippen LogP contribution in [0.25, 0.3) is 0 Å². The van der Waals surface area contributed by atoms with Crippen molar-refractivity contribution in [2.24, 2.45) is 11.8 Å². The Morgan fingerprint density at radius 2 is 1.48 bits per heavy atom. The minimum atomic E-state index is -0.100. The standard InChI is InChI=1S/C17H29N3O2.ClH/c21-16(19-13-7-9-18-10-8-13)14-5-1-2-6-15(14)17(22)20-11-3-4-12-20;/h13-15,18H,1-12H2,(H,19,21);1H. The van der Waals surface area contributed by atoms with E-state index in [9.17, 15) is 9.59 Å². The third-order valence-electron chi connectivity index (χ3n) is 5.52. The van der Waals surface area contributed by atoms with E-state index in [2.05, 4.69) is 10.6 Å². The van der Waals surface area contributed by atoms with Crippen molar-refractivity contribution in [3.05, 3.63) is 0 Å². The van der Waals surface area contributed by atoms with Gasteiger partial charge in [-0.1, -0.05) is 12.8 Å². The molecule has 2 unspecified atom stereocenters. The van der Waals surface area contributed by atoms with Gasteiger partial charge in [0.15, 0.2) is 0 Å². The van der Waals surface area contributed by atoms with Gasteiger partial charge in [-0.25, -0.2) is 0 Å².